The number of benzene rings is 2. The van der Waals surface area contributed by atoms with Crippen molar-refractivity contribution < 1.29 is 9.47 Å². The maximum atomic E-state index is 12.6. The smallest absolute Gasteiger partial charge is 0.278 e. The molecule has 0 unspecified atom stereocenters. The Kier molecular flexibility index (Phi) is 4.53. The Morgan fingerprint density at radius 2 is 1.92 bits per heavy atom. The average molecular weight is 352 g/mol. The maximum Gasteiger partial charge on any atom is 0.278 e. The highest BCUT2D eigenvalue weighted by Crippen LogP contribution is 2.31. The van der Waals surface area contributed by atoms with Crippen molar-refractivity contribution in [3.8, 4) is 11.5 Å². The highest BCUT2D eigenvalue weighted by molar-refractivity contribution is 5.76. The van der Waals surface area contributed by atoms with Crippen LogP contribution >= 0.6 is 0 Å². The third kappa shape index (κ3) is 3.25. The van der Waals surface area contributed by atoms with Gasteiger partial charge in [0, 0.05) is 6.54 Å². The Balaban J connectivity index is 1.49. The van der Waals surface area contributed by atoms with Crippen LogP contribution in [0.3, 0.4) is 0 Å². The number of likely N-dealkylation sites (N-methyl/N-ethyl adjacent to an activating group) is 1. The van der Waals surface area contributed by atoms with Gasteiger partial charge >= 0.3 is 0 Å². The van der Waals surface area contributed by atoms with E-state index in [9.17, 15) is 4.79 Å². The minimum absolute atomic E-state index is 0.103. The second-order valence-electron chi connectivity index (χ2n) is 6.22. The number of hydrogen-bond acceptors (Lipinski definition) is 6. The molecular weight excluding hydrogens is 332 g/mol. The molecule has 1 aliphatic heterocycles. The third-order valence-corrected chi connectivity index (χ3v) is 4.44. The number of hydrogen-bond donors (Lipinski definition) is 0. The monoisotopic (exact) mass is 352 g/mol. The van der Waals surface area contributed by atoms with Gasteiger partial charge < -0.3 is 9.47 Å². The molecule has 1 aliphatic rings. The number of aromatic nitrogens is 3. The molecule has 3 aromatic rings. The van der Waals surface area contributed by atoms with Gasteiger partial charge in [-0.15, -0.1) is 5.10 Å². The van der Waals surface area contributed by atoms with E-state index in [2.05, 4.69) is 15.2 Å². The first kappa shape index (κ1) is 16.5. The van der Waals surface area contributed by atoms with Gasteiger partial charge in [0.1, 0.15) is 18.2 Å². The highest BCUT2D eigenvalue weighted by atomic mass is 16.6. The van der Waals surface area contributed by atoms with E-state index in [1.807, 2.05) is 43.3 Å². The lowest BCUT2D eigenvalue weighted by Crippen LogP contribution is -2.43. The molecule has 7 heteroatoms. The van der Waals surface area contributed by atoms with Crippen molar-refractivity contribution in [3.63, 3.8) is 0 Å². The third-order valence-electron chi connectivity index (χ3n) is 4.44. The first-order chi connectivity index (χ1) is 12.7. The fourth-order valence-electron chi connectivity index (χ4n) is 3.03. The summed E-state index contributed by atoms with van der Waals surface area (Å²) in [6.07, 6.45) is -0.103. The maximum absolute atomic E-state index is 12.6. The minimum atomic E-state index is -0.139. The van der Waals surface area contributed by atoms with Crippen LogP contribution in [0.4, 0.5) is 0 Å². The van der Waals surface area contributed by atoms with E-state index in [-0.39, 0.29) is 11.7 Å². The molecule has 0 saturated heterocycles. The summed E-state index contributed by atoms with van der Waals surface area (Å²) in [4.78, 5) is 14.7. The van der Waals surface area contributed by atoms with Gasteiger partial charge in [-0.3, -0.25) is 9.69 Å². The normalized spacial score (nSPS) is 16.2. The molecular formula is C19H20N4O3. The number of rotatable bonds is 5. The molecule has 0 aliphatic carbocycles. The van der Waals surface area contributed by atoms with E-state index in [1.165, 1.54) is 4.68 Å². The Morgan fingerprint density at radius 1 is 1.15 bits per heavy atom. The summed E-state index contributed by atoms with van der Waals surface area (Å²) in [5, 5.41) is 8.77. The standard InChI is InChI=1S/C19H20N4O3/c1-2-22(11-14-12-25-17-9-5-6-10-18(17)26-14)13-23-19(24)15-7-3-4-8-16(15)20-21-23/h3-10,14H,2,11-13H2,1H3/t14-/m1/s1. The lowest BCUT2D eigenvalue weighted by Gasteiger charge is -2.30. The summed E-state index contributed by atoms with van der Waals surface area (Å²) < 4.78 is 13.2. The summed E-state index contributed by atoms with van der Waals surface area (Å²) in [5.74, 6) is 1.52. The molecule has 4 rings (SSSR count). The van der Waals surface area contributed by atoms with Crippen molar-refractivity contribution in [2.24, 2.45) is 0 Å². The Hall–Kier alpha value is -2.93. The molecule has 134 valence electrons. The van der Waals surface area contributed by atoms with Crippen LogP contribution in [-0.2, 0) is 6.67 Å². The van der Waals surface area contributed by atoms with Crippen molar-refractivity contribution in [3.05, 3.63) is 58.9 Å². The molecule has 0 fully saturated rings. The molecule has 0 amide bonds. The fraction of sp³-hybridized carbons (Fsp3) is 0.316. The summed E-state index contributed by atoms with van der Waals surface area (Å²) in [7, 11) is 0. The van der Waals surface area contributed by atoms with Gasteiger partial charge in [0.2, 0.25) is 0 Å². The van der Waals surface area contributed by atoms with E-state index >= 15 is 0 Å². The molecule has 1 aromatic heterocycles. The van der Waals surface area contributed by atoms with Crippen LogP contribution in [-0.4, -0.2) is 45.7 Å². The second kappa shape index (κ2) is 7.13. The van der Waals surface area contributed by atoms with Crippen molar-refractivity contribution in [2.75, 3.05) is 19.7 Å². The van der Waals surface area contributed by atoms with Crippen molar-refractivity contribution >= 4 is 10.9 Å². The zero-order valence-electron chi connectivity index (χ0n) is 14.5. The number of ether oxygens (including phenoxy) is 2. The summed E-state index contributed by atoms with van der Waals surface area (Å²) in [6.45, 7) is 4.26. The van der Waals surface area contributed by atoms with Crippen LogP contribution in [0, 0.1) is 0 Å². The largest absolute Gasteiger partial charge is 0.486 e. The van der Waals surface area contributed by atoms with Gasteiger partial charge in [0.05, 0.1) is 12.1 Å². The summed E-state index contributed by atoms with van der Waals surface area (Å²) in [6, 6.07) is 14.9. The first-order valence-corrected chi connectivity index (χ1v) is 8.68. The zero-order valence-corrected chi connectivity index (χ0v) is 14.5. The first-order valence-electron chi connectivity index (χ1n) is 8.68. The van der Waals surface area contributed by atoms with Crippen LogP contribution in [0.25, 0.3) is 10.9 Å². The molecule has 2 aromatic carbocycles. The molecule has 0 saturated carbocycles. The molecule has 2 heterocycles. The van der Waals surface area contributed by atoms with E-state index in [0.717, 1.165) is 18.0 Å². The van der Waals surface area contributed by atoms with E-state index in [0.29, 0.717) is 30.7 Å². The Labute approximate surface area is 150 Å². The fourth-order valence-corrected chi connectivity index (χ4v) is 3.03. The number of fused-ring (bicyclic) bond motifs is 2. The predicted molar refractivity (Wildman–Crippen MR) is 97.4 cm³/mol. The molecule has 26 heavy (non-hydrogen) atoms. The lowest BCUT2D eigenvalue weighted by atomic mass is 10.2. The van der Waals surface area contributed by atoms with Crippen LogP contribution in [0.15, 0.2) is 53.3 Å². The van der Waals surface area contributed by atoms with Gasteiger partial charge in [-0.25, -0.2) is 0 Å². The second-order valence-corrected chi connectivity index (χ2v) is 6.22. The molecule has 7 nitrogen and oxygen atoms in total. The van der Waals surface area contributed by atoms with Gasteiger partial charge in [0.25, 0.3) is 5.56 Å². The minimum Gasteiger partial charge on any atom is -0.486 e. The topological polar surface area (TPSA) is 69.5 Å². The predicted octanol–water partition coefficient (Wildman–Crippen LogP) is 1.91. The van der Waals surface area contributed by atoms with Crippen molar-refractivity contribution in [2.45, 2.75) is 19.7 Å². The molecule has 1 atom stereocenters. The van der Waals surface area contributed by atoms with E-state index in [1.54, 1.807) is 12.1 Å². The molecule has 0 spiro atoms. The molecule has 0 N–H and O–H groups in total. The lowest BCUT2D eigenvalue weighted by molar-refractivity contribution is 0.0488. The Morgan fingerprint density at radius 3 is 2.77 bits per heavy atom. The quantitative estimate of drug-likeness (QED) is 0.699. The van der Waals surface area contributed by atoms with E-state index in [4.69, 9.17) is 9.47 Å². The average Bonchev–Trinajstić information content (AvgIpc) is 2.69. The SMILES string of the molecule is CCN(C[C@@H]1COc2ccccc2O1)Cn1nnc2ccccc2c1=O. The molecule has 0 bridgehead atoms. The van der Waals surface area contributed by atoms with Crippen LogP contribution < -0.4 is 15.0 Å². The zero-order chi connectivity index (χ0) is 17.9. The van der Waals surface area contributed by atoms with Crippen LogP contribution in [0.5, 0.6) is 11.5 Å². The highest BCUT2D eigenvalue weighted by Gasteiger charge is 2.23. The Bertz CT molecular complexity index is 972. The van der Waals surface area contributed by atoms with Crippen LogP contribution in [0.2, 0.25) is 0 Å². The number of nitrogens with zero attached hydrogens (tertiary/aromatic N) is 4. The van der Waals surface area contributed by atoms with Gasteiger partial charge in [-0.1, -0.05) is 36.4 Å². The summed E-state index contributed by atoms with van der Waals surface area (Å²) in [5.41, 5.74) is 0.470. The van der Waals surface area contributed by atoms with Gasteiger partial charge in [0.15, 0.2) is 11.5 Å². The number of para-hydroxylation sites is 2. The van der Waals surface area contributed by atoms with Crippen LogP contribution in [0.1, 0.15) is 6.92 Å². The van der Waals surface area contributed by atoms with Gasteiger partial charge in [-0.05, 0) is 30.8 Å². The van der Waals surface area contributed by atoms with E-state index < -0.39 is 0 Å². The van der Waals surface area contributed by atoms with Crippen molar-refractivity contribution in [1.82, 2.24) is 19.9 Å². The van der Waals surface area contributed by atoms with Gasteiger partial charge in [-0.2, -0.15) is 4.68 Å². The van der Waals surface area contributed by atoms with Crippen molar-refractivity contribution in [1.29, 1.82) is 0 Å². The molecule has 0 radical (unpaired) electrons. The summed E-state index contributed by atoms with van der Waals surface area (Å²) >= 11 is 0.